The Morgan fingerprint density at radius 1 is 1.24 bits per heavy atom. The van der Waals surface area contributed by atoms with Crippen LogP contribution in [0.2, 0.25) is 0 Å². The van der Waals surface area contributed by atoms with Gasteiger partial charge in [0, 0.05) is 28.8 Å². The smallest absolute Gasteiger partial charge is 0.271 e. The molecule has 1 aliphatic heterocycles. The second kappa shape index (κ2) is 9.47. The molecule has 3 heterocycles. The summed E-state index contributed by atoms with van der Waals surface area (Å²) in [6, 6.07) is 4.93. The van der Waals surface area contributed by atoms with Crippen molar-refractivity contribution in [2.45, 2.75) is 44.2 Å². The van der Waals surface area contributed by atoms with Gasteiger partial charge in [-0.2, -0.15) is 0 Å². The first-order chi connectivity index (χ1) is 17.7. The Kier molecular flexibility index (Phi) is 6.32. The average Bonchev–Trinajstić information content (AvgIpc) is 3.33. The Balaban J connectivity index is 1.47. The summed E-state index contributed by atoms with van der Waals surface area (Å²) in [5, 5.41) is 10.6. The molecule has 37 heavy (non-hydrogen) atoms. The maximum atomic E-state index is 13.0. The highest BCUT2D eigenvalue weighted by atomic mass is 16.5. The summed E-state index contributed by atoms with van der Waals surface area (Å²) in [5.41, 5.74) is 8.17. The van der Waals surface area contributed by atoms with Gasteiger partial charge in [0.15, 0.2) is 11.5 Å². The van der Waals surface area contributed by atoms with Gasteiger partial charge in [0.25, 0.3) is 11.8 Å². The molecule has 0 spiro atoms. The number of hydrogen-bond acceptors (Lipinski definition) is 9. The van der Waals surface area contributed by atoms with E-state index in [1.807, 2.05) is 13.8 Å². The molecule has 1 saturated heterocycles. The fraction of sp³-hybridized carbons (Fsp3) is 0.423. The highest BCUT2D eigenvalue weighted by Gasteiger charge is 2.46. The maximum Gasteiger partial charge on any atom is 0.271 e. The van der Waals surface area contributed by atoms with Crippen LogP contribution < -0.4 is 21.1 Å². The van der Waals surface area contributed by atoms with E-state index in [1.54, 1.807) is 31.5 Å². The summed E-state index contributed by atoms with van der Waals surface area (Å²) in [4.78, 5) is 36.1. The Morgan fingerprint density at radius 3 is 2.70 bits per heavy atom. The van der Waals surface area contributed by atoms with E-state index in [0.717, 1.165) is 31.5 Å². The van der Waals surface area contributed by atoms with Crippen LogP contribution >= 0.6 is 0 Å². The van der Waals surface area contributed by atoms with Crippen molar-refractivity contribution in [3.8, 4) is 17.2 Å². The van der Waals surface area contributed by atoms with E-state index in [2.05, 4.69) is 37.7 Å². The molecule has 0 saturated carbocycles. The van der Waals surface area contributed by atoms with E-state index in [4.69, 9.17) is 15.0 Å². The highest BCUT2D eigenvalue weighted by molar-refractivity contribution is 5.96. The molecule has 1 unspecified atom stereocenters. The van der Waals surface area contributed by atoms with Crippen LogP contribution in [0.5, 0.6) is 5.75 Å². The number of piperidine rings is 1. The first-order valence-corrected chi connectivity index (χ1v) is 12.2. The van der Waals surface area contributed by atoms with Gasteiger partial charge < -0.3 is 30.5 Å². The fourth-order valence-electron chi connectivity index (χ4n) is 5.19. The second-order valence-corrected chi connectivity index (χ2v) is 10.2. The van der Waals surface area contributed by atoms with Crippen LogP contribution in [0, 0.1) is 0 Å². The third-order valence-corrected chi connectivity index (χ3v) is 7.41. The number of ether oxygens (including phenoxy) is 1. The molecule has 0 radical (unpaired) electrons. The number of carbonyl (C=O) groups is 2. The number of methoxy groups -OCH3 is 1. The van der Waals surface area contributed by atoms with Crippen molar-refractivity contribution < 1.29 is 18.8 Å². The molecule has 0 bridgehead atoms. The molecule has 11 nitrogen and oxygen atoms in total. The second-order valence-electron chi connectivity index (χ2n) is 10.2. The molecule has 1 fully saturated rings. The molecule has 2 aliphatic rings. The minimum absolute atomic E-state index is 0.0397. The molecule has 4 N–H and O–H groups in total. The number of nitrogens with two attached hydrogens (primary N) is 1. The minimum Gasteiger partial charge on any atom is -0.495 e. The van der Waals surface area contributed by atoms with Crippen molar-refractivity contribution in [2.75, 3.05) is 32.6 Å². The zero-order valence-electron chi connectivity index (χ0n) is 21.4. The number of hydrogen-bond donors (Lipinski definition) is 3. The van der Waals surface area contributed by atoms with Crippen LogP contribution in [0.4, 0.5) is 5.69 Å². The summed E-state index contributed by atoms with van der Waals surface area (Å²) in [6.45, 7) is 5.95. The molecule has 3 aromatic rings. The van der Waals surface area contributed by atoms with Crippen LogP contribution in [-0.4, -0.2) is 65.1 Å². The zero-order chi connectivity index (χ0) is 26.3. The standard InChI is InChI=1S/C26H31N7O4/c1-26(2)16-12-28-13-29-20(16)22-19(21(24(27)34)32-37-22)23(26)31-17-6-5-14(11-18(17)36-4)25(35)30-15-7-9-33(3)10-8-15/h5-6,11-13,15,23,31H,7-10H2,1-4H3,(H2,27,34)(H,30,35). The van der Waals surface area contributed by atoms with Crippen molar-refractivity contribution in [2.24, 2.45) is 5.73 Å². The van der Waals surface area contributed by atoms with Gasteiger partial charge in [0.05, 0.1) is 24.4 Å². The lowest BCUT2D eigenvalue weighted by molar-refractivity contribution is 0.0915. The molecule has 194 valence electrons. The zero-order valence-corrected chi connectivity index (χ0v) is 21.4. The van der Waals surface area contributed by atoms with E-state index < -0.39 is 17.4 Å². The van der Waals surface area contributed by atoms with Crippen molar-refractivity contribution in [1.82, 2.24) is 25.3 Å². The lowest BCUT2D eigenvalue weighted by Crippen LogP contribution is -2.43. The average molecular weight is 506 g/mol. The van der Waals surface area contributed by atoms with E-state index in [1.165, 1.54) is 6.33 Å². The van der Waals surface area contributed by atoms with Crippen molar-refractivity contribution in [3.63, 3.8) is 0 Å². The number of aromatic nitrogens is 3. The summed E-state index contributed by atoms with van der Waals surface area (Å²) < 4.78 is 11.2. The summed E-state index contributed by atoms with van der Waals surface area (Å²) in [5.74, 6) is 0.0236. The highest BCUT2D eigenvalue weighted by Crippen LogP contribution is 2.51. The number of likely N-dealkylation sites (tertiary alicyclic amines) is 1. The van der Waals surface area contributed by atoms with E-state index in [-0.39, 0.29) is 17.6 Å². The summed E-state index contributed by atoms with van der Waals surface area (Å²) >= 11 is 0. The Labute approximate surface area is 214 Å². The number of nitrogens with one attached hydrogen (secondary N) is 2. The number of anilines is 1. The Hall–Kier alpha value is -3.99. The molecule has 1 aromatic carbocycles. The molecule has 2 aromatic heterocycles. The molecule has 1 aliphatic carbocycles. The largest absolute Gasteiger partial charge is 0.495 e. The molecule has 5 rings (SSSR count). The summed E-state index contributed by atoms with van der Waals surface area (Å²) in [7, 11) is 3.64. The number of fused-ring (bicyclic) bond motifs is 3. The van der Waals surface area contributed by atoms with Gasteiger partial charge in [-0.3, -0.25) is 9.59 Å². The quantitative estimate of drug-likeness (QED) is 0.459. The number of nitrogens with zero attached hydrogens (tertiary/aromatic N) is 4. The van der Waals surface area contributed by atoms with Crippen molar-refractivity contribution in [1.29, 1.82) is 0 Å². The van der Waals surface area contributed by atoms with Gasteiger partial charge in [-0.15, -0.1) is 0 Å². The SMILES string of the molecule is COc1cc(C(=O)NC2CCN(C)CC2)ccc1NC1c2c(C(N)=O)noc2-c2ncncc2C1(C)C. The fourth-order valence-corrected chi connectivity index (χ4v) is 5.19. The number of carbonyl (C=O) groups excluding carboxylic acids is 2. The van der Waals surface area contributed by atoms with Crippen molar-refractivity contribution in [3.05, 3.63) is 53.1 Å². The Morgan fingerprint density at radius 2 is 2.00 bits per heavy atom. The third kappa shape index (κ3) is 4.39. The predicted molar refractivity (Wildman–Crippen MR) is 136 cm³/mol. The number of rotatable bonds is 6. The predicted octanol–water partition coefficient (Wildman–Crippen LogP) is 2.51. The van der Waals surface area contributed by atoms with E-state index >= 15 is 0 Å². The van der Waals surface area contributed by atoms with Crippen LogP contribution in [0.15, 0.2) is 35.2 Å². The number of amides is 2. The molecule has 11 heteroatoms. The normalized spacial score (nSPS) is 19.0. The number of primary amides is 1. The van der Waals surface area contributed by atoms with Gasteiger partial charge in [-0.1, -0.05) is 19.0 Å². The van der Waals surface area contributed by atoms with Gasteiger partial charge in [-0.05, 0) is 51.2 Å². The lowest BCUT2D eigenvalue weighted by Gasteiger charge is -2.39. The summed E-state index contributed by atoms with van der Waals surface area (Å²) in [6.07, 6.45) is 5.01. The van der Waals surface area contributed by atoms with Gasteiger partial charge in [-0.25, -0.2) is 9.97 Å². The monoisotopic (exact) mass is 505 g/mol. The van der Waals surface area contributed by atoms with Gasteiger partial charge in [0.2, 0.25) is 0 Å². The van der Waals surface area contributed by atoms with Gasteiger partial charge in [0.1, 0.15) is 17.8 Å². The molecular formula is C26H31N7O4. The molecule has 1 atom stereocenters. The topological polar surface area (TPSA) is 148 Å². The van der Waals surface area contributed by atoms with Crippen LogP contribution in [0.25, 0.3) is 11.5 Å². The van der Waals surface area contributed by atoms with E-state index in [0.29, 0.717) is 34.0 Å². The number of benzene rings is 1. The van der Waals surface area contributed by atoms with Crippen LogP contribution in [-0.2, 0) is 5.41 Å². The van der Waals surface area contributed by atoms with E-state index in [9.17, 15) is 9.59 Å². The first kappa shape index (κ1) is 24.7. The first-order valence-electron chi connectivity index (χ1n) is 12.2. The third-order valence-electron chi connectivity index (χ3n) is 7.41. The molecular weight excluding hydrogens is 474 g/mol. The maximum absolute atomic E-state index is 13.0. The van der Waals surface area contributed by atoms with Crippen LogP contribution in [0.1, 0.15) is 64.7 Å². The molecule has 2 amide bonds. The Bertz CT molecular complexity index is 1340. The van der Waals surface area contributed by atoms with Crippen LogP contribution in [0.3, 0.4) is 0 Å². The lowest BCUT2D eigenvalue weighted by atomic mass is 9.69. The van der Waals surface area contributed by atoms with Crippen molar-refractivity contribution >= 4 is 17.5 Å². The minimum atomic E-state index is -0.696. The van der Waals surface area contributed by atoms with Gasteiger partial charge >= 0.3 is 0 Å².